The molecule has 2 aromatic heterocycles. The van der Waals surface area contributed by atoms with Crippen molar-refractivity contribution in [3.63, 3.8) is 0 Å². The summed E-state index contributed by atoms with van der Waals surface area (Å²) in [6.07, 6.45) is 3.50. The molecule has 0 spiro atoms. The molecule has 0 aliphatic carbocycles. The lowest BCUT2D eigenvalue weighted by Gasteiger charge is -2.00. The van der Waals surface area contributed by atoms with Gasteiger partial charge in [-0.05, 0) is 12.1 Å². The Labute approximate surface area is 80.6 Å². The number of aliphatic hydroxyl groups excluding tert-OH is 1. The number of rotatable bonds is 2. The molecule has 0 aliphatic heterocycles. The fourth-order valence-electron chi connectivity index (χ4n) is 1.34. The summed E-state index contributed by atoms with van der Waals surface area (Å²) in [5, 5.41) is 10.4. The summed E-state index contributed by atoms with van der Waals surface area (Å²) in [5.41, 5.74) is 0.860. The fourth-order valence-corrected chi connectivity index (χ4v) is 1.51. The van der Waals surface area contributed by atoms with Gasteiger partial charge in [-0.15, -0.1) is 0 Å². The highest BCUT2D eigenvalue weighted by Gasteiger charge is 2.01. The summed E-state index contributed by atoms with van der Waals surface area (Å²) in [6, 6.07) is 3.79. The van der Waals surface area contributed by atoms with Crippen LogP contribution in [0.2, 0.25) is 5.02 Å². The molecule has 68 valence electrons. The predicted molar refractivity (Wildman–Crippen MR) is 51.8 cm³/mol. The van der Waals surface area contributed by atoms with E-state index in [1.807, 2.05) is 22.9 Å². The van der Waals surface area contributed by atoms with Gasteiger partial charge in [0.05, 0.1) is 11.6 Å². The van der Waals surface area contributed by atoms with E-state index < -0.39 is 0 Å². The van der Waals surface area contributed by atoms with Crippen LogP contribution in [0.3, 0.4) is 0 Å². The van der Waals surface area contributed by atoms with Crippen molar-refractivity contribution in [3.8, 4) is 0 Å². The summed E-state index contributed by atoms with van der Waals surface area (Å²) in [4.78, 5) is 4.18. The van der Waals surface area contributed by atoms with Crippen LogP contribution in [-0.4, -0.2) is 21.3 Å². The molecular weight excluding hydrogens is 188 g/mol. The van der Waals surface area contributed by atoms with Crippen molar-refractivity contribution < 1.29 is 5.11 Å². The number of fused-ring (bicyclic) bond motifs is 1. The fraction of sp³-hybridized carbons (Fsp3) is 0.222. The van der Waals surface area contributed by atoms with Crippen molar-refractivity contribution in [3.05, 3.63) is 29.5 Å². The summed E-state index contributed by atoms with van der Waals surface area (Å²) in [5.74, 6) is 0. The van der Waals surface area contributed by atoms with Gasteiger partial charge in [-0.1, -0.05) is 11.6 Å². The van der Waals surface area contributed by atoms with Crippen LogP contribution in [0.5, 0.6) is 0 Å². The lowest BCUT2D eigenvalue weighted by atomic mass is 10.3. The zero-order valence-electron chi connectivity index (χ0n) is 6.94. The van der Waals surface area contributed by atoms with E-state index in [-0.39, 0.29) is 6.61 Å². The maximum Gasteiger partial charge on any atom is 0.140 e. The van der Waals surface area contributed by atoms with Crippen molar-refractivity contribution >= 4 is 22.6 Å². The average Bonchev–Trinajstić information content (AvgIpc) is 2.49. The van der Waals surface area contributed by atoms with E-state index in [0.29, 0.717) is 11.6 Å². The first-order chi connectivity index (χ1) is 6.31. The van der Waals surface area contributed by atoms with Crippen molar-refractivity contribution in [2.24, 2.45) is 0 Å². The first-order valence-corrected chi connectivity index (χ1v) is 4.40. The second kappa shape index (κ2) is 3.36. The molecule has 0 saturated heterocycles. The summed E-state index contributed by atoms with van der Waals surface area (Å²) in [7, 11) is 0. The molecule has 0 aliphatic rings. The quantitative estimate of drug-likeness (QED) is 0.794. The molecule has 0 unspecified atom stereocenters. The molecular formula is C9H9ClN2O. The molecule has 0 bridgehead atoms. The highest BCUT2D eigenvalue weighted by atomic mass is 35.5. The number of nitrogens with zero attached hydrogens (tertiary/aromatic N) is 2. The van der Waals surface area contributed by atoms with Crippen LogP contribution in [0.4, 0.5) is 0 Å². The van der Waals surface area contributed by atoms with Crippen molar-refractivity contribution in [2.45, 2.75) is 6.54 Å². The van der Waals surface area contributed by atoms with Crippen molar-refractivity contribution in [2.75, 3.05) is 6.61 Å². The first-order valence-electron chi connectivity index (χ1n) is 4.02. The van der Waals surface area contributed by atoms with Gasteiger partial charge in [0, 0.05) is 24.3 Å². The molecule has 13 heavy (non-hydrogen) atoms. The maximum atomic E-state index is 8.78. The van der Waals surface area contributed by atoms with Gasteiger partial charge in [0.2, 0.25) is 0 Å². The van der Waals surface area contributed by atoms with E-state index in [1.54, 1.807) is 6.20 Å². The zero-order chi connectivity index (χ0) is 9.26. The van der Waals surface area contributed by atoms with Gasteiger partial charge in [0.1, 0.15) is 5.65 Å². The van der Waals surface area contributed by atoms with E-state index in [9.17, 15) is 0 Å². The predicted octanol–water partition coefficient (Wildman–Crippen LogP) is 1.68. The monoisotopic (exact) mass is 196 g/mol. The minimum atomic E-state index is 0.119. The smallest absolute Gasteiger partial charge is 0.140 e. The Hall–Kier alpha value is -1.06. The number of aromatic nitrogens is 2. The maximum absolute atomic E-state index is 8.78. The minimum Gasteiger partial charge on any atom is -0.395 e. The van der Waals surface area contributed by atoms with Crippen molar-refractivity contribution in [1.29, 1.82) is 0 Å². The van der Waals surface area contributed by atoms with Gasteiger partial charge in [-0.2, -0.15) is 0 Å². The average molecular weight is 197 g/mol. The Morgan fingerprint density at radius 3 is 3.15 bits per heavy atom. The molecule has 0 amide bonds. The normalized spacial score (nSPS) is 10.9. The van der Waals surface area contributed by atoms with Gasteiger partial charge in [0.25, 0.3) is 0 Å². The molecule has 1 N–H and O–H groups in total. The van der Waals surface area contributed by atoms with Crippen LogP contribution in [0.1, 0.15) is 0 Å². The van der Waals surface area contributed by atoms with Gasteiger partial charge in [0.15, 0.2) is 0 Å². The van der Waals surface area contributed by atoms with Crippen LogP contribution in [0.15, 0.2) is 24.5 Å². The summed E-state index contributed by atoms with van der Waals surface area (Å²) in [6.45, 7) is 0.687. The van der Waals surface area contributed by atoms with E-state index in [1.165, 1.54) is 0 Å². The van der Waals surface area contributed by atoms with Crippen LogP contribution < -0.4 is 0 Å². The molecule has 0 fully saturated rings. The highest BCUT2D eigenvalue weighted by Crippen LogP contribution is 2.17. The Balaban J connectivity index is 2.55. The number of pyridine rings is 1. The minimum absolute atomic E-state index is 0.119. The number of hydrogen-bond donors (Lipinski definition) is 1. The topological polar surface area (TPSA) is 38.0 Å². The molecule has 0 aromatic carbocycles. The van der Waals surface area contributed by atoms with Crippen LogP contribution in [0.25, 0.3) is 11.0 Å². The van der Waals surface area contributed by atoms with E-state index >= 15 is 0 Å². The Kier molecular flexibility index (Phi) is 2.20. The molecule has 3 nitrogen and oxygen atoms in total. The third-order valence-electron chi connectivity index (χ3n) is 1.91. The zero-order valence-corrected chi connectivity index (χ0v) is 7.70. The second-order valence-electron chi connectivity index (χ2n) is 2.80. The molecule has 2 heterocycles. The molecule has 0 saturated carbocycles. The second-order valence-corrected chi connectivity index (χ2v) is 3.24. The number of halogens is 1. The molecule has 0 atom stereocenters. The van der Waals surface area contributed by atoms with Crippen LogP contribution >= 0.6 is 11.6 Å². The molecule has 2 aromatic rings. The van der Waals surface area contributed by atoms with Crippen LogP contribution in [0, 0.1) is 0 Å². The largest absolute Gasteiger partial charge is 0.395 e. The van der Waals surface area contributed by atoms with E-state index in [2.05, 4.69) is 4.98 Å². The first kappa shape index (κ1) is 8.53. The van der Waals surface area contributed by atoms with Gasteiger partial charge in [-0.3, -0.25) is 0 Å². The molecule has 2 rings (SSSR count). The molecule has 0 radical (unpaired) electrons. The van der Waals surface area contributed by atoms with Crippen LogP contribution in [-0.2, 0) is 6.54 Å². The molecule has 4 heteroatoms. The summed E-state index contributed by atoms with van der Waals surface area (Å²) >= 11 is 5.78. The lowest BCUT2D eigenvalue weighted by molar-refractivity contribution is 0.278. The Morgan fingerprint density at radius 2 is 2.38 bits per heavy atom. The number of aliphatic hydroxyl groups is 1. The SMILES string of the molecule is OCCn1ccc2cc(Cl)cnc21. The Morgan fingerprint density at radius 1 is 1.54 bits per heavy atom. The van der Waals surface area contributed by atoms with Gasteiger partial charge in [-0.25, -0.2) is 4.98 Å². The highest BCUT2D eigenvalue weighted by molar-refractivity contribution is 6.31. The lowest BCUT2D eigenvalue weighted by Crippen LogP contribution is -2.00. The third kappa shape index (κ3) is 1.53. The van der Waals surface area contributed by atoms with Gasteiger partial charge < -0.3 is 9.67 Å². The standard InChI is InChI=1S/C9H9ClN2O/c10-8-5-7-1-2-12(3-4-13)9(7)11-6-8/h1-2,5-6,13H,3-4H2. The van der Waals surface area contributed by atoms with Crippen molar-refractivity contribution in [1.82, 2.24) is 9.55 Å². The van der Waals surface area contributed by atoms with Gasteiger partial charge >= 0.3 is 0 Å². The summed E-state index contributed by atoms with van der Waals surface area (Å²) < 4.78 is 1.89. The van der Waals surface area contributed by atoms with E-state index in [4.69, 9.17) is 16.7 Å². The van der Waals surface area contributed by atoms with E-state index in [0.717, 1.165) is 11.0 Å². The number of hydrogen-bond acceptors (Lipinski definition) is 2. The Bertz CT molecular complexity index is 424. The third-order valence-corrected chi connectivity index (χ3v) is 2.12.